The molecule has 174 valence electrons. The summed E-state index contributed by atoms with van der Waals surface area (Å²) in [6.07, 6.45) is 3.86. The minimum atomic E-state index is -0.408. The number of aromatic nitrogens is 1. The Morgan fingerprint density at radius 2 is 1.77 bits per heavy atom. The molecular formula is C26H19N3O4S2. The second-order valence-corrected chi connectivity index (χ2v) is 9.54. The number of nitro benzene ring substituents is 1. The molecule has 0 N–H and O–H groups in total. The maximum atomic E-state index is 13.3. The standard InChI is InChI=1S/C26H19N3O4S2/c1-33-21-12-10-19(11-13-21)28-25(30)24(35-26(28)34)14-18-16-27(23-5-3-2-4-22(18)23)15-17-6-8-20(9-7-17)29(31)32/h2-14,16H,15H2,1H3/b24-14+. The zero-order valence-corrected chi connectivity index (χ0v) is 20.2. The summed E-state index contributed by atoms with van der Waals surface area (Å²) in [5, 5.41) is 12.0. The Kier molecular flexibility index (Phi) is 6.10. The van der Waals surface area contributed by atoms with Crippen LogP contribution in [0.15, 0.2) is 83.9 Å². The first-order valence-corrected chi connectivity index (χ1v) is 11.9. The van der Waals surface area contributed by atoms with Crippen LogP contribution in [0.1, 0.15) is 11.1 Å². The molecule has 1 aromatic heterocycles. The molecule has 9 heteroatoms. The monoisotopic (exact) mass is 501 g/mol. The van der Waals surface area contributed by atoms with Crippen LogP contribution in [0.3, 0.4) is 0 Å². The number of hydrogen-bond acceptors (Lipinski definition) is 6. The van der Waals surface area contributed by atoms with E-state index < -0.39 is 4.92 Å². The van der Waals surface area contributed by atoms with E-state index in [-0.39, 0.29) is 11.6 Å². The highest BCUT2D eigenvalue weighted by molar-refractivity contribution is 8.27. The molecule has 4 aromatic rings. The Morgan fingerprint density at radius 3 is 2.46 bits per heavy atom. The molecular weight excluding hydrogens is 482 g/mol. The summed E-state index contributed by atoms with van der Waals surface area (Å²) >= 11 is 6.79. The summed E-state index contributed by atoms with van der Waals surface area (Å²) < 4.78 is 7.75. The van der Waals surface area contributed by atoms with Gasteiger partial charge in [0.1, 0.15) is 5.75 Å². The molecule has 1 amide bonds. The van der Waals surface area contributed by atoms with E-state index >= 15 is 0 Å². The molecule has 0 radical (unpaired) electrons. The third kappa shape index (κ3) is 4.43. The maximum absolute atomic E-state index is 13.3. The molecule has 5 rings (SSSR count). The fourth-order valence-corrected chi connectivity index (χ4v) is 5.29. The predicted octanol–water partition coefficient (Wildman–Crippen LogP) is 6.01. The molecule has 1 aliphatic rings. The molecule has 3 aromatic carbocycles. The lowest BCUT2D eigenvalue weighted by molar-refractivity contribution is -0.384. The number of hydrogen-bond donors (Lipinski definition) is 0. The van der Waals surface area contributed by atoms with Gasteiger partial charge in [-0.05, 0) is 42.0 Å². The first-order valence-electron chi connectivity index (χ1n) is 10.7. The van der Waals surface area contributed by atoms with Crippen molar-refractivity contribution in [2.75, 3.05) is 12.0 Å². The molecule has 7 nitrogen and oxygen atoms in total. The van der Waals surface area contributed by atoms with Crippen LogP contribution in [0.25, 0.3) is 17.0 Å². The third-order valence-corrected chi connectivity index (χ3v) is 7.03. The molecule has 1 aliphatic heterocycles. The highest BCUT2D eigenvalue weighted by Gasteiger charge is 2.33. The summed E-state index contributed by atoms with van der Waals surface area (Å²) in [5.74, 6) is 0.535. The quantitative estimate of drug-likeness (QED) is 0.139. The smallest absolute Gasteiger partial charge is 0.270 e. The first kappa shape index (κ1) is 22.8. The lowest BCUT2D eigenvalue weighted by Gasteiger charge is -2.14. The molecule has 2 heterocycles. The Bertz CT molecular complexity index is 1490. The predicted molar refractivity (Wildman–Crippen MR) is 143 cm³/mol. The lowest BCUT2D eigenvalue weighted by atomic mass is 10.1. The summed E-state index contributed by atoms with van der Waals surface area (Å²) in [6, 6.07) is 21.7. The first-order chi connectivity index (χ1) is 16.9. The number of thioether (sulfide) groups is 1. The van der Waals surface area contributed by atoms with E-state index in [1.807, 2.05) is 48.7 Å². The molecule has 0 atom stereocenters. The Hall–Kier alpha value is -3.95. The van der Waals surface area contributed by atoms with Gasteiger partial charge < -0.3 is 9.30 Å². The van der Waals surface area contributed by atoms with Gasteiger partial charge in [-0.25, -0.2) is 0 Å². The van der Waals surface area contributed by atoms with Crippen molar-refractivity contribution in [3.63, 3.8) is 0 Å². The number of nitrogens with zero attached hydrogens (tertiary/aromatic N) is 3. The summed E-state index contributed by atoms with van der Waals surface area (Å²) in [7, 11) is 1.59. The van der Waals surface area contributed by atoms with Gasteiger partial charge in [0.05, 0.1) is 22.6 Å². The van der Waals surface area contributed by atoms with E-state index in [1.165, 1.54) is 28.8 Å². The van der Waals surface area contributed by atoms with Gasteiger partial charge in [0.25, 0.3) is 11.6 Å². The van der Waals surface area contributed by atoms with Crippen LogP contribution >= 0.6 is 24.0 Å². The van der Waals surface area contributed by atoms with Gasteiger partial charge in [-0.15, -0.1) is 0 Å². The Labute approximate surface area is 210 Å². The van der Waals surface area contributed by atoms with E-state index in [0.29, 0.717) is 27.2 Å². The van der Waals surface area contributed by atoms with E-state index in [2.05, 4.69) is 4.57 Å². The molecule has 1 fully saturated rings. The zero-order chi connectivity index (χ0) is 24.5. The average molecular weight is 502 g/mol. The van der Waals surface area contributed by atoms with Crippen molar-refractivity contribution in [2.24, 2.45) is 0 Å². The van der Waals surface area contributed by atoms with Crippen LogP contribution in [0.5, 0.6) is 5.75 Å². The van der Waals surface area contributed by atoms with Crippen molar-refractivity contribution in [3.8, 4) is 5.75 Å². The van der Waals surface area contributed by atoms with Gasteiger partial charge in [0.2, 0.25) is 0 Å². The van der Waals surface area contributed by atoms with Crippen molar-refractivity contribution in [3.05, 3.63) is 105 Å². The third-order valence-electron chi connectivity index (χ3n) is 5.73. The second kappa shape index (κ2) is 9.36. The summed E-state index contributed by atoms with van der Waals surface area (Å²) in [5.41, 5.74) is 3.59. The highest BCUT2D eigenvalue weighted by Crippen LogP contribution is 2.37. The molecule has 0 bridgehead atoms. The van der Waals surface area contributed by atoms with Crippen LogP contribution < -0.4 is 9.64 Å². The van der Waals surface area contributed by atoms with Crippen molar-refractivity contribution < 1.29 is 14.5 Å². The normalized spacial score (nSPS) is 14.8. The van der Waals surface area contributed by atoms with E-state index in [0.717, 1.165) is 22.0 Å². The van der Waals surface area contributed by atoms with Crippen LogP contribution in [0.2, 0.25) is 0 Å². The van der Waals surface area contributed by atoms with Gasteiger partial charge in [0, 0.05) is 41.3 Å². The lowest BCUT2D eigenvalue weighted by Crippen LogP contribution is -2.27. The zero-order valence-electron chi connectivity index (χ0n) is 18.6. The van der Waals surface area contributed by atoms with E-state index in [4.69, 9.17) is 17.0 Å². The molecule has 1 saturated heterocycles. The van der Waals surface area contributed by atoms with Crippen LogP contribution in [0.4, 0.5) is 11.4 Å². The number of ether oxygens (including phenoxy) is 1. The van der Waals surface area contributed by atoms with Crippen LogP contribution in [0, 0.1) is 10.1 Å². The number of carbonyl (C=O) groups is 1. The molecule has 0 aliphatic carbocycles. The highest BCUT2D eigenvalue weighted by atomic mass is 32.2. The second-order valence-electron chi connectivity index (χ2n) is 7.87. The van der Waals surface area contributed by atoms with Crippen LogP contribution in [-0.4, -0.2) is 26.8 Å². The Morgan fingerprint density at radius 1 is 1.06 bits per heavy atom. The number of rotatable bonds is 6. The number of benzene rings is 3. The fourth-order valence-electron chi connectivity index (χ4n) is 4.00. The molecule has 0 saturated carbocycles. The van der Waals surface area contributed by atoms with Crippen molar-refractivity contribution in [1.29, 1.82) is 0 Å². The minimum absolute atomic E-state index is 0.0608. The van der Waals surface area contributed by atoms with Gasteiger partial charge in [-0.2, -0.15) is 0 Å². The number of para-hydroxylation sites is 1. The van der Waals surface area contributed by atoms with Gasteiger partial charge >= 0.3 is 0 Å². The number of methoxy groups -OCH3 is 1. The largest absolute Gasteiger partial charge is 0.497 e. The van der Waals surface area contributed by atoms with Crippen molar-refractivity contribution in [2.45, 2.75) is 6.54 Å². The number of anilines is 1. The fraction of sp³-hybridized carbons (Fsp3) is 0.0769. The van der Waals surface area contributed by atoms with Gasteiger partial charge in [-0.1, -0.05) is 54.3 Å². The molecule has 0 spiro atoms. The average Bonchev–Trinajstić information content (AvgIpc) is 3.35. The van der Waals surface area contributed by atoms with Gasteiger partial charge in [-0.3, -0.25) is 19.8 Å². The van der Waals surface area contributed by atoms with E-state index in [9.17, 15) is 14.9 Å². The summed E-state index contributed by atoms with van der Waals surface area (Å²) in [4.78, 5) is 25.9. The van der Waals surface area contributed by atoms with Crippen molar-refractivity contribution in [1.82, 2.24) is 4.57 Å². The molecule has 0 unspecified atom stereocenters. The number of fused-ring (bicyclic) bond motifs is 1. The van der Waals surface area contributed by atoms with Gasteiger partial charge in [0.15, 0.2) is 4.32 Å². The van der Waals surface area contributed by atoms with Crippen molar-refractivity contribution >= 4 is 62.6 Å². The number of nitro groups is 1. The number of non-ortho nitro benzene ring substituents is 1. The number of carbonyl (C=O) groups excluding carboxylic acids is 1. The Balaban J connectivity index is 1.47. The topological polar surface area (TPSA) is 77.6 Å². The number of amides is 1. The van der Waals surface area contributed by atoms with Crippen LogP contribution in [-0.2, 0) is 11.3 Å². The SMILES string of the molecule is COc1ccc(N2C(=O)/C(=C\c3cn(Cc4ccc([N+](=O)[O-])cc4)c4ccccc34)SC2=S)cc1. The summed E-state index contributed by atoms with van der Waals surface area (Å²) in [6.45, 7) is 0.541. The number of thiocarbonyl (C=S) groups is 1. The molecule has 35 heavy (non-hydrogen) atoms. The maximum Gasteiger partial charge on any atom is 0.270 e. The van der Waals surface area contributed by atoms with E-state index in [1.54, 1.807) is 31.4 Å². The minimum Gasteiger partial charge on any atom is -0.497 e.